The molecule has 56 valence electrons. The van der Waals surface area contributed by atoms with Crippen LogP contribution < -0.4 is 0 Å². The molecule has 0 bridgehead atoms. The van der Waals surface area contributed by atoms with Crippen molar-refractivity contribution in [3.63, 3.8) is 0 Å². The van der Waals surface area contributed by atoms with Gasteiger partial charge < -0.3 is 9.90 Å². The van der Waals surface area contributed by atoms with E-state index in [0.29, 0.717) is 5.92 Å². The summed E-state index contributed by atoms with van der Waals surface area (Å²) >= 11 is 0. The van der Waals surface area contributed by atoms with Crippen LogP contribution in [0.1, 0.15) is 26.7 Å². The molecule has 0 aliphatic heterocycles. The Morgan fingerprint density at radius 3 is 1.67 bits per heavy atom. The fourth-order valence-corrected chi connectivity index (χ4v) is 0.481. The lowest BCUT2D eigenvalue weighted by atomic mass is 10.1. The van der Waals surface area contributed by atoms with Gasteiger partial charge in [-0.05, 0) is 12.8 Å². The molecule has 0 aromatic carbocycles. The maximum atomic E-state index is 9.97. The predicted octanol–water partition coefficient (Wildman–Crippen LogP) is 1.23. The van der Waals surface area contributed by atoms with E-state index in [9.17, 15) is 4.79 Å². The van der Waals surface area contributed by atoms with Gasteiger partial charge in [-0.3, -0.25) is 0 Å². The van der Waals surface area contributed by atoms with Crippen LogP contribution in [0.3, 0.4) is 0 Å². The molecule has 0 unspecified atom stereocenters. The Balaban J connectivity index is 0. The van der Waals surface area contributed by atoms with Crippen LogP contribution in [0.2, 0.25) is 0 Å². The van der Waals surface area contributed by atoms with E-state index in [2.05, 4.69) is 0 Å². The number of carbonyl (C=O) groups excluding carboxylic acids is 1. The predicted molar refractivity (Wildman–Crippen MR) is 38.3 cm³/mol. The van der Waals surface area contributed by atoms with Gasteiger partial charge >= 0.3 is 0 Å². The molecule has 0 aliphatic rings. The Morgan fingerprint density at radius 1 is 1.33 bits per heavy atom. The van der Waals surface area contributed by atoms with Gasteiger partial charge in [0, 0.05) is 13.0 Å². The monoisotopic (exact) mass is 132 g/mol. The fraction of sp³-hybridized carbons (Fsp3) is 0.857. The summed E-state index contributed by atoms with van der Waals surface area (Å²) in [6, 6.07) is 0. The minimum atomic E-state index is 0.306. The molecular formula is C7H16O2. The van der Waals surface area contributed by atoms with Gasteiger partial charge in [-0.2, -0.15) is 0 Å². The van der Waals surface area contributed by atoms with Crippen molar-refractivity contribution in [2.24, 2.45) is 5.92 Å². The zero-order chi connectivity index (χ0) is 7.70. The summed E-state index contributed by atoms with van der Waals surface area (Å²) in [7, 11) is 1.00. The zero-order valence-electron chi connectivity index (χ0n) is 6.42. The van der Waals surface area contributed by atoms with Crippen molar-refractivity contribution in [2.45, 2.75) is 26.7 Å². The third kappa shape index (κ3) is 7.63. The highest BCUT2D eigenvalue weighted by Crippen LogP contribution is 2.01. The largest absolute Gasteiger partial charge is 0.400 e. The minimum absolute atomic E-state index is 0.306. The highest BCUT2D eigenvalue weighted by atomic mass is 16.2. The van der Waals surface area contributed by atoms with Crippen LogP contribution in [0, 0.1) is 5.92 Å². The van der Waals surface area contributed by atoms with E-state index in [1.54, 1.807) is 0 Å². The quantitative estimate of drug-likeness (QED) is 0.586. The molecule has 2 heteroatoms. The molecule has 0 heterocycles. The number of aliphatic hydroxyl groups excluding tert-OH is 1. The third-order valence-corrected chi connectivity index (χ3v) is 1.24. The van der Waals surface area contributed by atoms with Crippen LogP contribution in [0.5, 0.6) is 0 Å². The van der Waals surface area contributed by atoms with E-state index in [-0.39, 0.29) is 0 Å². The van der Waals surface area contributed by atoms with E-state index in [1.807, 2.05) is 13.8 Å². The molecule has 0 amide bonds. The summed E-state index contributed by atoms with van der Waals surface area (Å²) in [5.41, 5.74) is 0. The summed E-state index contributed by atoms with van der Waals surface area (Å²) in [5.74, 6) is 0.306. The topological polar surface area (TPSA) is 37.3 Å². The highest BCUT2D eigenvalue weighted by Gasteiger charge is 1.96. The van der Waals surface area contributed by atoms with Crippen molar-refractivity contribution < 1.29 is 9.90 Å². The molecule has 2 nitrogen and oxygen atoms in total. The summed E-state index contributed by atoms with van der Waals surface area (Å²) in [5, 5.41) is 7.00. The maximum absolute atomic E-state index is 9.97. The molecule has 0 atom stereocenters. The fourth-order valence-electron chi connectivity index (χ4n) is 0.481. The smallest absolute Gasteiger partial charge is 0.123 e. The number of hydrogen-bond acceptors (Lipinski definition) is 2. The second-order valence-electron chi connectivity index (χ2n) is 1.71. The van der Waals surface area contributed by atoms with Gasteiger partial charge in [-0.15, -0.1) is 0 Å². The Kier molecular flexibility index (Phi) is 13.4. The number of rotatable bonds is 3. The molecule has 0 fully saturated rings. The average molecular weight is 132 g/mol. The standard InChI is InChI=1S/C6H12O.CH4O/c1-3-6(4-2)5-7;1-2/h5-6H,3-4H2,1-2H3;2H,1H3. The molecule has 0 saturated heterocycles. The summed E-state index contributed by atoms with van der Waals surface area (Å²) < 4.78 is 0. The number of hydrogen-bond donors (Lipinski definition) is 1. The van der Waals surface area contributed by atoms with Crippen LogP contribution in [0.25, 0.3) is 0 Å². The average Bonchev–Trinajstić information content (AvgIpc) is 1.96. The first-order valence-electron chi connectivity index (χ1n) is 3.25. The van der Waals surface area contributed by atoms with E-state index in [0.717, 1.165) is 26.2 Å². The Labute approximate surface area is 56.9 Å². The lowest BCUT2D eigenvalue weighted by Gasteiger charge is -1.97. The van der Waals surface area contributed by atoms with Crippen molar-refractivity contribution in [3.05, 3.63) is 0 Å². The van der Waals surface area contributed by atoms with E-state index >= 15 is 0 Å². The van der Waals surface area contributed by atoms with Crippen LogP contribution in [-0.2, 0) is 4.79 Å². The van der Waals surface area contributed by atoms with Crippen LogP contribution in [0.15, 0.2) is 0 Å². The molecular weight excluding hydrogens is 116 g/mol. The first-order valence-corrected chi connectivity index (χ1v) is 3.25. The van der Waals surface area contributed by atoms with Gasteiger partial charge in [0.1, 0.15) is 6.29 Å². The molecule has 1 N–H and O–H groups in total. The van der Waals surface area contributed by atoms with Crippen molar-refractivity contribution in [1.82, 2.24) is 0 Å². The van der Waals surface area contributed by atoms with Crippen molar-refractivity contribution >= 4 is 6.29 Å². The van der Waals surface area contributed by atoms with E-state index in [1.165, 1.54) is 0 Å². The Morgan fingerprint density at radius 2 is 1.67 bits per heavy atom. The molecule has 0 rings (SSSR count). The molecule has 0 saturated carbocycles. The van der Waals surface area contributed by atoms with Gasteiger partial charge in [0.25, 0.3) is 0 Å². The molecule has 0 radical (unpaired) electrons. The lowest BCUT2D eigenvalue weighted by Crippen LogP contribution is -1.95. The first kappa shape index (κ1) is 11.4. The minimum Gasteiger partial charge on any atom is -0.400 e. The molecule has 0 aromatic heterocycles. The second-order valence-corrected chi connectivity index (χ2v) is 1.71. The van der Waals surface area contributed by atoms with Gasteiger partial charge in [0.15, 0.2) is 0 Å². The van der Waals surface area contributed by atoms with E-state index < -0.39 is 0 Å². The van der Waals surface area contributed by atoms with Crippen LogP contribution >= 0.6 is 0 Å². The molecule has 9 heavy (non-hydrogen) atoms. The lowest BCUT2D eigenvalue weighted by molar-refractivity contribution is -0.111. The zero-order valence-corrected chi connectivity index (χ0v) is 6.42. The second kappa shape index (κ2) is 10.6. The third-order valence-electron chi connectivity index (χ3n) is 1.24. The molecule has 0 aliphatic carbocycles. The summed E-state index contributed by atoms with van der Waals surface area (Å²) in [6.07, 6.45) is 3.00. The normalized spacial score (nSPS) is 8.11. The van der Waals surface area contributed by atoms with Gasteiger partial charge in [0.2, 0.25) is 0 Å². The number of carbonyl (C=O) groups is 1. The summed E-state index contributed by atoms with van der Waals surface area (Å²) in [4.78, 5) is 9.97. The van der Waals surface area contributed by atoms with Gasteiger partial charge in [0.05, 0.1) is 0 Å². The highest BCUT2D eigenvalue weighted by molar-refractivity contribution is 5.52. The first-order chi connectivity index (χ1) is 4.35. The Hall–Kier alpha value is -0.370. The SMILES string of the molecule is CCC(C=O)CC.CO. The van der Waals surface area contributed by atoms with E-state index in [4.69, 9.17) is 5.11 Å². The number of aliphatic hydroxyl groups is 1. The molecule has 0 spiro atoms. The van der Waals surface area contributed by atoms with Gasteiger partial charge in [-0.1, -0.05) is 13.8 Å². The van der Waals surface area contributed by atoms with Crippen molar-refractivity contribution in [3.8, 4) is 0 Å². The summed E-state index contributed by atoms with van der Waals surface area (Å²) in [6.45, 7) is 4.06. The van der Waals surface area contributed by atoms with Crippen molar-refractivity contribution in [1.29, 1.82) is 0 Å². The van der Waals surface area contributed by atoms with Gasteiger partial charge in [-0.25, -0.2) is 0 Å². The van der Waals surface area contributed by atoms with Crippen LogP contribution in [0.4, 0.5) is 0 Å². The van der Waals surface area contributed by atoms with Crippen LogP contribution in [-0.4, -0.2) is 18.5 Å². The maximum Gasteiger partial charge on any atom is 0.123 e. The van der Waals surface area contributed by atoms with Crippen molar-refractivity contribution in [2.75, 3.05) is 7.11 Å². The molecule has 0 aromatic rings. The Bertz CT molecular complexity index is 48.9. The number of aldehydes is 1.